The number of thiazole rings is 1. The van der Waals surface area contributed by atoms with E-state index in [-0.39, 0.29) is 0 Å². The molecule has 0 radical (unpaired) electrons. The summed E-state index contributed by atoms with van der Waals surface area (Å²) in [5.41, 5.74) is 1.40. The van der Waals surface area contributed by atoms with Crippen molar-refractivity contribution in [2.45, 2.75) is 38.6 Å². The van der Waals surface area contributed by atoms with Crippen LogP contribution in [0.3, 0.4) is 0 Å². The van der Waals surface area contributed by atoms with Gasteiger partial charge in [-0.1, -0.05) is 6.92 Å². The first-order valence-electron chi connectivity index (χ1n) is 7.91. The summed E-state index contributed by atoms with van der Waals surface area (Å²) in [6.07, 6.45) is 3.88. The van der Waals surface area contributed by atoms with Crippen LogP contribution in [0.25, 0.3) is 0 Å². The van der Waals surface area contributed by atoms with Crippen molar-refractivity contribution in [2.24, 2.45) is 0 Å². The molecule has 2 aliphatic rings. The number of rotatable bonds is 6. The first-order valence-corrected chi connectivity index (χ1v) is 8.73. The third-order valence-corrected chi connectivity index (χ3v) is 5.30. The first-order chi connectivity index (χ1) is 9.78. The molecular formula is C15H26N4S. The van der Waals surface area contributed by atoms with Crippen LogP contribution >= 0.6 is 11.3 Å². The maximum Gasteiger partial charge on any atom is 0.185 e. The number of nitrogens with one attached hydrogen (secondary N) is 1. The molecule has 0 unspecified atom stereocenters. The van der Waals surface area contributed by atoms with Gasteiger partial charge in [0, 0.05) is 43.5 Å². The highest BCUT2D eigenvalue weighted by Crippen LogP contribution is 2.44. The second kappa shape index (κ2) is 6.41. The van der Waals surface area contributed by atoms with E-state index >= 15 is 0 Å². The van der Waals surface area contributed by atoms with Crippen molar-refractivity contribution in [2.75, 3.05) is 44.7 Å². The summed E-state index contributed by atoms with van der Waals surface area (Å²) in [6.45, 7) is 8.88. The van der Waals surface area contributed by atoms with Gasteiger partial charge in [-0.05, 0) is 32.9 Å². The number of hydrogen-bond donors (Lipinski definition) is 1. The molecule has 1 saturated carbocycles. The lowest BCUT2D eigenvalue weighted by Crippen LogP contribution is -2.44. The summed E-state index contributed by atoms with van der Waals surface area (Å²) >= 11 is 1.92. The molecule has 0 aromatic carbocycles. The minimum absolute atomic E-state index is 0.755. The zero-order valence-corrected chi connectivity index (χ0v) is 13.5. The van der Waals surface area contributed by atoms with Gasteiger partial charge in [-0.2, -0.15) is 0 Å². The molecule has 3 rings (SSSR count). The van der Waals surface area contributed by atoms with Gasteiger partial charge in [0.15, 0.2) is 5.13 Å². The van der Waals surface area contributed by atoms with Crippen LogP contribution in [0.2, 0.25) is 0 Å². The molecule has 0 spiro atoms. The van der Waals surface area contributed by atoms with Crippen LogP contribution in [0, 0.1) is 0 Å². The van der Waals surface area contributed by atoms with E-state index in [0.29, 0.717) is 0 Å². The SMILES string of the molecule is CCCNCc1sc(N2CCN(C)CC2)nc1C1CC1. The van der Waals surface area contributed by atoms with E-state index < -0.39 is 0 Å². The maximum atomic E-state index is 4.99. The Kier molecular flexibility index (Phi) is 4.58. The lowest BCUT2D eigenvalue weighted by Gasteiger charge is -2.32. The summed E-state index contributed by atoms with van der Waals surface area (Å²) in [4.78, 5) is 11.3. The molecule has 1 N–H and O–H groups in total. The molecule has 2 heterocycles. The molecule has 1 saturated heterocycles. The Morgan fingerprint density at radius 1 is 1.25 bits per heavy atom. The number of hydrogen-bond acceptors (Lipinski definition) is 5. The van der Waals surface area contributed by atoms with Crippen LogP contribution in [0.5, 0.6) is 0 Å². The van der Waals surface area contributed by atoms with Crippen LogP contribution < -0.4 is 10.2 Å². The Labute approximate surface area is 126 Å². The summed E-state index contributed by atoms with van der Waals surface area (Å²) in [5, 5.41) is 4.80. The average molecular weight is 294 g/mol. The van der Waals surface area contributed by atoms with E-state index in [1.165, 1.54) is 35.0 Å². The smallest absolute Gasteiger partial charge is 0.185 e. The fraction of sp³-hybridized carbons (Fsp3) is 0.800. The van der Waals surface area contributed by atoms with Gasteiger partial charge in [0.25, 0.3) is 0 Å². The standard InChI is InChI=1S/C15H26N4S/c1-3-6-16-11-13-14(12-4-5-12)17-15(20-13)19-9-7-18(2)8-10-19/h12,16H,3-11H2,1-2H3. The van der Waals surface area contributed by atoms with Gasteiger partial charge in [-0.25, -0.2) is 4.98 Å². The Hall–Kier alpha value is -0.650. The molecule has 0 atom stereocenters. The number of nitrogens with zero attached hydrogens (tertiary/aromatic N) is 3. The molecule has 0 amide bonds. The first kappa shape index (κ1) is 14.3. The topological polar surface area (TPSA) is 31.4 Å². The fourth-order valence-corrected chi connectivity index (χ4v) is 3.83. The second-order valence-corrected chi connectivity index (χ2v) is 7.11. The third kappa shape index (κ3) is 3.32. The van der Waals surface area contributed by atoms with E-state index in [0.717, 1.165) is 45.2 Å². The normalized spacial score (nSPS) is 20.6. The molecule has 1 aliphatic heterocycles. The van der Waals surface area contributed by atoms with Gasteiger partial charge in [-0.15, -0.1) is 11.3 Å². The highest BCUT2D eigenvalue weighted by Gasteiger charge is 2.30. The molecule has 1 aliphatic carbocycles. The molecule has 112 valence electrons. The second-order valence-electron chi connectivity index (χ2n) is 6.05. The molecule has 2 fully saturated rings. The molecular weight excluding hydrogens is 268 g/mol. The van der Waals surface area contributed by atoms with Gasteiger partial charge in [0.1, 0.15) is 0 Å². The summed E-state index contributed by atoms with van der Waals surface area (Å²) in [6, 6.07) is 0. The van der Waals surface area contributed by atoms with E-state index in [4.69, 9.17) is 4.98 Å². The van der Waals surface area contributed by atoms with Gasteiger partial charge >= 0.3 is 0 Å². The lowest BCUT2D eigenvalue weighted by atomic mass is 10.2. The minimum atomic E-state index is 0.755. The molecule has 4 nitrogen and oxygen atoms in total. The molecule has 5 heteroatoms. The molecule has 0 bridgehead atoms. The number of anilines is 1. The highest BCUT2D eigenvalue weighted by molar-refractivity contribution is 7.15. The van der Waals surface area contributed by atoms with E-state index in [1.54, 1.807) is 0 Å². The Morgan fingerprint density at radius 2 is 2.00 bits per heavy atom. The van der Waals surface area contributed by atoms with Crippen LogP contribution in [-0.2, 0) is 6.54 Å². The maximum absolute atomic E-state index is 4.99. The van der Waals surface area contributed by atoms with Crippen molar-refractivity contribution >= 4 is 16.5 Å². The predicted octanol–water partition coefficient (Wildman–Crippen LogP) is 2.27. The summed E-state index contributed by atoms with van der Waals surface area (Å²) in [7, 11) is 2.20. The van der Waals surface area contributed by atoms with Gasteiger partial charge in [0.05, 0.1) is 5.69 Å². The fourth-order valence-electron chi connectivity index (χ4n) is 2.66. The minimum Gasteiger partial charge on any atom is -0.346 e. The monoisotopic (exact) mass is 294 g/mol. The van der Waals surface area contributed by atoms with Crippen LogP contribution in [0.4, 0.5) is 5.13 Å². The van der Waals surface area contributed by atoms with Crippen LogP contribution in [-0.4, -0.2) is 49.7 Å². The molecule has 1 aromatic rings. The van der Waals surface area contributed by atoms with Crippen molar-refractivity contribution in [3.63, 3.8) is 0 Å². The van der Waals surface area contributed by atoms with Crippen molar-refractivity contribution < 1.29 is 0 Å². The van der Waals surface area contributed by atoms with Gasteiger partial charge in [0.2, 0.25) is 0 Å². The summed E-state index contributed by atoms with van der Waals surface area (Å²) < 4.78 is 0. The Morgan fingerprint density at radius 3 is 2.65 bits per heavy atom. The third-order valence-electron chi connectivity index (χ3n) is 4.17. The average Bonchev–Trinajstić information content (AvgIpc) is 3.21. The lowest BCUT2D eigenvalue weighted by molar-refractivity contribution is 0.312. The van der Waals surface area contributed by atoms with Gasteiger partial charge in [-0.3, -0.25) is 0 Å². The van der Waals surface area contributed by atoms with Gasteiger partial charge < -0.3 is 15.1 Å². The molecule has 20 heavy (non-hydrogen) atoms. The van der Waals surface area contributed by atoms with Crippen molar-refractivity contribution in [1.82, 2.24) is 15.2 Å². The van der Waals surface area contributed by atoms with E-state index in [2.05, 4.69) is 29.1 Å². The predicted molar refractivity (Wildman–Crippen MR) is 85.8 cm³/mol. The number of piperazine rings is 1. The van der Waals surface area contributed by atoms with Crippen molar-refractivity contribution in [1.29, 1.82) is 0 Å². The van der Waals surface area contributed by atoms with E-state index in [9.17, 15) is 0 Å². The number of aromatic nitrogens is 1. The molecule has 1 aromatic heterocycles. The zero-order valence-electron chi connectivity index (χ0n) is 12.7. The van der Waals surface area contributed by atoms with Crippen LogP contribution in [0.15, 0.2) is 0 Å². The summed E-state index contributed by atoms with van der Waals surface area (Å²) in [5.74, 6) is 0.755. The largest absolute Gasteiger partial charge is 0.346 e. The van der Waals surface area contributed by atoms with Crippen molar-refractivity contribution in [3.8, 4) is 0 Å². The zero-order chi connectivity index (χ0) is 13.9. The van der Waals surface area contributed by atoms with Crippen LogP contribution in [0.1, 0.15) is 42.7 Å². The highest BCUT2D eigenvalue weighted by atomic mass is 32.1. The van der Waals surface area contributed by atoms with Crippen molar-refractivity contribution in [3.05, 3.63) is 10.6 Å². The Balaban J connectivity index is 1.69. The Bertz CT molecular complexity index is 433. The quantitative estimate of drug-likeness (QED) is 0.816. The van der Waals surface area contributed by atoms with E-state index in [1.807, 2.05) is 11.3 Å². The number of likely N-dealkylation sites (N-methyl/N-ethyl adjacent to an activating group) is 1.